The number of hydrogen-bond donors (Lipinski definition) is 1. The minimum Gasteiger partial charge on any atom is -0.490 e. The topological polar surface area (TPSA) is 142 Å². The van der Waals surface area contributed by atoms with Crippen molar-refractivity contribution in [3.63, 3.8) is 0 Å². The van der Waals surface area contributed by atoms with Crippen LogP contribution in [0.1, 0.15) is 12.5 Å². The maximum Gasteiger partial charge on any atom is 0.287 e. The normalized spacial score (nSPS) is 10.6. The van der Waals surface area contributed by atoms with Gasteiger partial charge in [-0.25, -0.2) is 4.98 Å². The molecule has 0 saturated carbocycles. The number of pyridine rings is 1. The Labute approximate surface area is 176 Å². The first kappa shape index (κ1) is 21.2. The fraction of sp³-hybridized carbons (Fsp3) is 0.100. The van der Waals surface area contributed by atoms with E-state index in [-0.39, 0.29) is 17.3 Å². The molecule has 0 unspecified atom stereocenters. The van der Waals surface area contributed by atoms with Gasteiger partial charge in [-0.05, 0) is 42.8 Å². The number of nitrogens with one attached hydrogen (secondary N) is 1. The summed E-state index contributed by atoms with van der Waals surface area (Å²) in [6.45, 7) is 2.22. The van der Waals surface area contributed by atoms with Crippen LogP contribution < -0.4 is 14.9 Å². The Morgan fingerprint density at radius 3 is 2.32 bits per heavy atom. The molecule has 31 heavy (non-hydrogen) atoms. The van der Waals surface area contributed by atoms with E-state index in [1.54, 1.807) is 36.5 Å². The maximum absolute atomic E-state index is 10.7. The van der Waals surface area contributed by atoms with Crippen molar-refractivity contribution in [2.24, 2.45) is 5.10 Å². The molecule has 0 bridgehead atoms. The summed E-state index contributed by atoms with van der Waals surface area (Å²) in [5, 5.41) is 25.5. The van der Waals surface area contributed by atoms with Crippen molar-refractivity contribution in [3.05, 3.63) is 86.6 Å². The zero-order chi connectivity index (χ0) is 22.2. The molecule has 1 aromatic heterocycles. The highest BCUT2D eigenvalue weighted by Gasteiger charge is 2.10. The zero-order valence-electron chi connectivity index (χ0n) is 16.3. The predicted octanol–water partition coefficient (Wildman–Crippen LogP) is 4.54. The molecule has 0 spiro atoms. The second kappa shape index (κ2) is 9.78. The first-order valence-electron chi connectivity index (χ1n) is 9.05. The van der Waals surface area contributed by atoms with Gasteiger partial charge >= 0.3 is 0 Å². The summed E-state index contributed by atoms with van der Waals surface area (Å²) in [4.78, 5) is 24.3. The summed E-state index contributed by atoms with van der Waals surface area (Å²) < 4.78 is 11.3. The first-order valence-corrected chi connectivity index (χ1v) is 9.05. The van der Waals surface area contributed by atoms with E-state index in [0.717, 1.165) is 6.20 Å². The molecule has 1 N–H and O–H groups in total. The Kier molecular flexibility index (Phi) is 6.68. The number of nitrogens with zero attached hydrogens (tertiary/aromatic N) is 4. The molecule has 1 heterocycles. The van der Waals surface area contributed by atoms with Gasteiger partial charge in [-0.3, -0.25) is 25.7 Å². The molecule has 0 amide bonds. The summed E-state index contributed by atoms with van der Waals surface area (Å²) in [6.07, 6.45) is 2.67. The molecule has 0 fully saturated rings. The lowest BCUT2D eigenvalue weighted by Gasteiger charge is -2.11. The molecular formula is C20H17N5O6. The van der Waals surface area contributed by atoms with Crippen molar-refractivity contribution in [3.8, 4) is 17.4 Å². The van der Waals surface area contributed by atoms with Gasteiger partial charge in [0.2, 0.25) is 5.88 Å². The van der Waals surface area contributed by atoms with Crippen LogP contribution in [0.5, 0.6) is 17.4 Å². The van der Waals surface area contributed by atoms with Gasteiger partial charge in [-0.1, -0.05) is 0 Å². The predicted molar refractivity (Wildman–Crippen MR) is 113 cm³/mol. The van der Waals surface area contributed by atoms with E-state index in [1.165, 1.54) is 24.3 Å². The molecule has 2 aromatic carbocycles. The number of ether oxygens (including phenoxy) is 2. The molecule has 0 aliphatic rings. The van der Waals surface area contributed by atoms with Gasteiger partial charge < -0.3 is 9.47 Å². The molecule has 3 aromatic rings. The summed E-state index contributed by atoms with van der Waals surface area (Å²) in [5.74, 6) is 1.03. The Hall–Kier alpha value is -4.54. The zero-order valence-corrected chi connectivity index (χ0v) is 16.3. The van der Waals surface area contributed by atoms with Crippen molar-refractivity contribution in [2.75, 3.05) is 12.0 Å². The second-order valence-corrected chi connectivity index (χ2v) is 6.03. The number of nitro groups is 2. The van der Waals surface area contributed by atoms with Crippen LogP contribution in [0.3, 0.4) is 0 Å². The molecule has 0 saturated heterocycles. The number of rotatable bonds is 9. The van der Waals surface area contributed by atoms with Gasteiger partial charge in [-0.15, -0.1) is 0 Å². The fourth-order valence-electron chi connectivity index (χ4n) is 2.45. The van der Waals surface area contributed by atoms with Crippen LogP contribution >= 0.6 is 0 Å². The molecule has 3 rings (SSSR count). The van der Waals surface area contributed by atoms with Crippen LogP contribution in [0.2, 0.25) is 0 Å². The number of nitro benzene ring substituents is 1. The summed E-state index contributed by atoms with van der Waals surface area (Å²) >= 11 is 0. The van der Waals surface area contributed by atoms with Crippen LogP contribution in [0.25, 0.3) is 0 Å². The number of hydrazone groups is 1. The van der Waals surface area contributed by atoms with Crippen LogP contribution in [0.15, 0.2) is 65.9 Å². The lowest BCUT2D eigenvalue weighted by molar-refractivity contribution is -0.385. The second-order valence-electron chi connectivity index (χ2n) is 6.03. The molecule has 0 radical (unpaired) electrons. The molecule has 11 heteroatoms. The van der Waals surface area contributed by atoms with E-state index < -0.39 is 9.85 Å². The molecule has 0 aliphatic carbocycles. The number of aromatic nitrogens is 1. The third-order valence-electron chi connectivity index (χ3n) is 3.90. The van der Waals surface area contributed by atoms with Gasteiger partial charge in [0.05, 0.1) is 28.4 Å². The minimum absolute atomic E-state index is 0.00557. The Balaban J connectivity index is 1.70. The lowest BCUT2D eigenvalue weighted by atomic mass is 10.2. The van der Waals surface area contributed by atoms with Crippen molar-refractivity contribution in [2.45, 2.75) is 6.92 Å². The van der Waals surface area contributed by atoms with Gasteiger partial charge in [0, 0.05) is 24.3 Å². The van der Waals surface area contributed by atoms with E-state index in [1.807, 2.05) is 6.92 Å². The third kappa shape index (κ3) is 5.73. The summed E-state index contributed by atoms with van der Waals surface area (Å²) in [7, 11) is 0. The van der Waals surface area contributed by atoms with E-state index in [9.17, 15) is 20.2 Å². The summed E-state index contributed by atoms with van der Waals surface area (Å²) in [6, 6.07) is 13.7. The standard InChI is InChI=1S/C20H17N5O6/c1-2-30-19-11-14(12-22-23-15-4-6-16(7-5-15)24(26)27)3-9-18(19)31-20-10-8-17(13-21-20)25(28)29/h3-13,23H,2H2,1H3/b22-12+. The van der Waals surface area contributed by atoms with Gasteiger partial charge in [0.25, 0.3) is 11.4 Å². The van der Waals surface area contributed by atoms with Gasteiger partial charge in [0.1, 0.15) is 6.20 Å². The van der Waals surface area contributed by atoms with Crippen LogP contribution in [-0.4, -0.2) is 27.7 Å². The van der Waals surface area contributed by atoms with Gasteiger partial charge in [0.15, 0.2) is 11.5 Å². The average molecular weight is 423 g/mol. The quantitative estimate of drug-likeness (QED) is 0.300. The van der Waals surface area contributed by atoms with Crippen molar-refractivity contribution in [1.29, 1.82) is 0 Å². The SMILES string of the molecule is CCOc1cc(/C=N/Nc2ccc([N+](=O)[O-])cc2)ccc1Oc1ccc([N+](=O)[O-])cn1. The minimum atomic E-state index is -0.540. The number of non-ortho nitro benzene ring substituents is 1. The number of benzene rings is 2. The Bertz CT molecular complexity index is 1100. The van der Waals surface area contributed by atoms with Crippen LogP contribution in [-0.2, 0) is 0 Å². The van der Waals surface area contributed by atoms with Crippen LogP contribution in [0.4, 0.5) is 17.1 Å². The van der Waals surface area contributed by atoms with Gasteiger partial charge in [-0.2, -0.15) is 5.10 Å². The van der Waals surface area contributed by atoms with E-state index in [4.69, 9.17) is 9.47 Å². The van der Waals surface area contributed by atoms with E-state index in [0.29, 0.717) is 29.4 Å². The number of anilines is 1. The molecule has 158 valence electrons. The maximum atomic E-state index is 10.7. The largest absolute Gasteiger partial charge is 0.490 e. The van der Waals surface area contributed by atoms with E-state index >= 15 is 0 Å². The first-order chi connectivity index (χ1) is 15.0. The summed E-state index contributed by atoms with van der Waals surface area (Å²) in [5.41, 5.74) is 3.95. The molecular weight excluding hydrogens is 406 g/mol. The number of hydrogen-bond acceptors (Lipinski definition) is 9. The van der Waals surface area contributed by atoms with Crippen molar-refractivity contribution >= 4 is 23.3 Å². The lowest BCUT2D eigenvalue weighted by Crippen LogP contribution is -1.98. The third-order valence-corrected chi connectivity index (χ3v) is 3.90. The highest BCUT2D eigenvalue weighted by atomic mass is 16.6. The fourth-order valence-corrected chi connectivity index (χ4v) is 2.45. The molecule has 0 aliphatic heterocycles. The Morgan fingerprint density at radius 2 is 1.71 bits per heavy atom. The Morgan fingerprint density at radius 1 is 1.00 bits per heavy atom. The highest BCUT2D eigenvalue weighted by Crippen LogP contribution is 2.32. The van der Waals surface area contributed by atoms with Crippen molar-refractivity contribution < 1.29 is 19.3 Å². The average Bonchev–Trinajstić information content (AvgIpc) is 2.76. The smallest absolute Gasteiger partial charge is 0.287 e. The van der Waals surface area contributed by atoms with Crippen molar-refractivity contribution in [1.82, 2.24) is 4.98 Å². The molecule has 0 atom stereocenters. The highest BCUT2D eigenvalue weighted by molar-refractivity contribution is 5.81. The van der Waals surface area contributed by atoms with E-state index in [2.05, 4.69) is 15.5 Å². The van der Waals surface area contributed by atoms with Crippen LogP contribution in [0, 0.1) is 20.2 Å². The molecule has 11 nitrogen and oxygen atoms in total. The monoisotopic (exact) mass is 423 g/mol.